The molecule has 0 radical (unpaired) electrons. The third-order valence-corrected chi connectivity index (χ3v) is 15.2. The summed E-state index contributed by atoms with van der Waals surface area (Å²) in [6.45, 7) is 3.03. The molecule has 66 heavy (non-hydrogen) atoms. The van der Waals surface area contributed by atoms with E-state index in [9.17, 15) is 0 Å². The number of nitrogens with zero attached hydrogens (tertiary/aromatic N) is 3. The maximum Gasteiger partial charge on any atom is 0.144 e. The minimum absolute atomic E-state index is 0.0931. The van der Waals surface area contributed by atoms with Gasteiger partial charge in [0.1, 0.15) is 23.6 Å². The lowest BCUT2D eigenvalue weighted by atomic mass is 9.83. The topological polar surface area (TPSA) is 50.9 Å². The summed E-state index contributed by atoms with van der Waals surface area (Å²) >= 11 is 0. The highest BCUT2D eigenvalue weighted by atomic mass is 16.5. The monoisotopic (exact) mass is 864 g/mol. The van der Waals surface area contributed by atoms with E-state index < -0.39 is 0 Å². The second-order valence-corrected chi connectivity index (χ2v) is 19.6. The number of allylic oxidation sites excluding steroid dienone is 16. The Hall–Kier alpha value is -6.46. The van der Waals surface area contributed by atoms with E-state index in [0.29, 0.717) is 30.3 Å². The Morgan fingerprint density at radius 2 is 1.73 bits per heavy atom. The molecule has 2 aliphatic heterocycles. The van der Waals surface area contributed by atoms with Crippen molar-refractivity contribution >= 4 is 44.6 Å². The van der Waals surface area contributed by atoms with E-state index in [4.69, 9.17) is 14.7 Å². The number of benzene rings is 3. The number of ether oxygens (including phenoxy) is 1. The van der Waals surface area contributed by atoms with Crippen molar-refractivity contribution in [2.45, 2.75) is 89.6 Å². The molecule has 0 saturated carbocycles. The molecule has 5 heteroatoms. The summed E-state index contributed by atoms with van der Waals surface area (Å²) in [6, 6.07) is 23.4. The zero-order chi connectivity index (χ0) is 44.0. The lowest BCUT2D eigenvalue weighted by molar-refractivity contribution is 0.211. The van der Waals surface area contributed by atoms with Crippen LogP contribution in [0, 0.1) is 23.7 Å². The number of amidine groups is 2. The van der Waals surface area contributed by atoms with Gasteiger partial charge in [-0.25, -0.2) is 9.98 Å². The van der Waals surface area contributed by atoms with Crippen LogP contribution >= 0.6 is 0 Å². The largest absolute Gasteiger partial charge is 0.492 e. The van der Waals surface area contributed by atoms with Gasteiger partial charge in [-0.3, -0.25) is 0 Å². The highest BCUT2D eigenvalue weighted by Crippen LogP contribution is 2.44. The van der Waals surface area contributed by atoms with E-state index >= 15 is 0 Å². The van der Waals surface area contributed by atoms with E-state index in [-0.39, 0.29) is 12.1 Å². The van der Waals surface area contributed by atoms with Gasteiger partial charge in [0.25, 0.3) is 0 Å². The number of rotatable bonds is 8. The Bertz CT molecular complexity index is 3030. The molecule has 1 N–H and O–H groups in total. The van der Waals surface area contributed by atoms with Gasteiger partial charge in [0.05, 0.1) is 17.6 Å². The molecule has 12 rings (SSSR count). The van der Waals surface area contributed by atoms with E-state index in [2.05, 4.69) is 175 Å². The summed E-state index contributed by atoms with van der Waals surface area (Å²) in [5.74, 6) is 4.80. The minimum atomic E-state index is -0.0931. The Morgan fingerprint density at radius 1 is 0.788 bits per heavy atom. The zero-order valence-electron chi connectivity index (χ0n) is 38.2. The predicted octanol–water partition coefficient (Wildman–Crippen LogP) is 14.7. The van der Waals surface area contributed by atoms with Crippen molar-refractivity contribution in [3.05, 3.63) is 197 Å². The van der Waals surface area contributed by atoms with Crippen molar-refractivity contribution in [1.29, 1.82) is 0 Å². The van der Waals surface area contributed by atoms with Crippen LogP contribution in [0.25, 0.3) is 38.6 Å². The van der Waals surface area contributed by atoms with Gasteiger partial charge in [-0.15, -0.1) is 0 Å². The number of hydrogen-bond donors (Lipinski definition) is 1. The SMILES string of the molecule is CC1C=CC=C[C@@H]1c1ccc2c(c1)c1c(C3=CC=CC(C4=N[C@H](CC5C=CCCC5)N=C(C5=CCCC=C5)N4)C3)cccc1n2-c1cccc(C2=CCCC3=C2OCC2C=CCCC3=C2)c1. The normalized spacial score (nSPS) is 26.9. The third-order valence-electron chi connectivity index (χ3n) is 15.2. The van der Waals surface area contributed by atoms with Crippen LogP contribution in [0.15, 0.2) is 190 Å². The summed E-state index contributed by atoms with van der Waals surface area (Å²) in [5, 5.41) is 6.38. The van der Waals surface area contributed by atoms with Crippen molar-refractivity contribution < 1.29 is 4.74 Å². The average Bonchev–Trinajstić information content (AvgIpc) is 3.47. The Morgan fingerprint density at radius 3 is 2.64 bits per heavy atom. The molecule has 6 atom stereocenters. The molecular weight excluding hydrogens is 805 g/mol. The van der Waals surface area contributed by atoms with E-state index in [1.54, 1.807) is 0 Å². The molecule has 0 spiro atoms. The van der Waals surface area contributed by atoms with Crippen molar-refractivity contribution in [3.63, 3.8) is 0 Å². The summed E-state index contributed by atoms with van der Waals surface area (Å²) in [4.78, 5) is 10.7. The molecule has 5 nitrogen and oxygen atoms in total. The van der Waals surface area contributed by atoms with E-state index in [1.165, 1.54) is 91.3 Å². The van der Waals surface area contributed by atoms with Gasteiger partial charge in [0.2, 0.25) is 0 Å². The lowest BCUT2D eigenvalue weighted by Crippen LogP contribution is -2.41. The smallest absolute Gasteiger partial charge is 0.144 e. The van der Waals surface area contributed by atoms with Crippen LogP contribution in [-0.4, -0.2) is 29.0 Å². The van der Waals surface area contributed by atoms with Crippen molar-refractivity contribution in [3.8, 4) is 5.69 Å². The van der Waals surface area contributed by atoms with Gasteiger partial charge in [-0.2, -0.15) is 0 Å². The highest BCUT2D eigenvalue weighted by molar-refractivity contribution is 6.15. The van der Waals surface area contributed by atoms with Crippen LogP contribution in [0.1, 0.15) is 100 Å². The second kappa shape index (κ2) is 17.7. The van der Waals surface area contributed by atoms with Crippen molar-refractivity contribution in [2.75, 3.05) is 6.61 Å². The molecule has 6 aliphatic carbocycles. The molecule has 0 fully saturated rings. The van der Waals surface area contributed by atoms with Crippen molar-refractivity contribution in [1.82, 2.24) is 9.88 Å². The highest BCUT2D eigenvalue weighted by Gasteiger charge is 2.30. The first-order valence-corrected chi connectivity index (χ1v) is 24.9. The van der Waals surface area contributed by atoms with Gasteiger partial charge >= 0.3 is 0 Å². The number of fused-ring (bicyclic) bond motifs is 5. The maximum absolute atomic E-state index is 6.76. The molecule has 2 bridgehead atoms. The summed E-state index contributed by atoms with van der Waals surface area (Å²) in [7, 11) is 0. The van der Waals surface area contributed by atoms with Crippen LogP contribution in [0.3, 0.4) is 0 Å². The number of aromatic nitrogens is 1. The van der Waals surface area contributed by atoms with Crippen LogP contribution in [0.4, 0.5) is 0 Å². The van der Waals surface area contributed by atoms with Crippen LogP contribution in [0.2, 0.25) is 0 Å². The van der Waals surface area contributed by atoms with Gasteiger partial charge in [-0.1, -0.05) is 134 Å². The maximum atomic E-state index is 6.76. The first-order valence-electron chi connectivity index (χ1n) is 24.9. The fourth-order valence-corrected chi connectivity index (χ4v) is 11.8. The van der Waals surface area contributed by atoms with Crippen molar-refractivity contribution in [2.24, 2.45) is 33.7 Å². The van der Waals surface area contributed by atoms with Crippen LogP contribution in [-0.2, 0) is 4.74 Å². The first-order chi connectivity index (χ1) is 32.6. The Kier molecular flexibility index (Phi) is 11.0. The first kappa shape index (κ1) is 41.0. The van der Waals surface area contributed by atoms with E-state index in [1.807, 2.05) is 0 Å². The molecule has 0 saturated heterocycles. The second-order valence-electron chi connectivity index (χ2n) is 19.6. The van der Waals surface area contributed by atoms with Gasteiger partial charge < -0.3 is 14.6 Å². The molecule has 3 aromatic carbocycles. The molecule has 0 amide bonds. The van der Waals surface area contributed by atoms with Crippen LogP contribution in [0.5, 0.6) is 0 Å². The lowest BCUT2D eigenvalue weighted by Gasteiger charge is -2.29. The average molecular weight is 865 g/mol. The molecule has 4 aromatic rings. The number of nitrogens with one attached hydrogen (secondary N) is 1. The van der Waals surface area contributed by atoms with E-state index in [0.717, 1.165) is 68.8 Å². The molecule has 4 unspecified atom stereocenters. The Balaban J connectivity index is 0.939. The van der Waals surface area contributed by atoms with Gasteiger partial charge in [-0.05, 0) is 146 Å². The summed E-state index contributed by atoms with van der Waals surface area (Å²) < 4.78 is 9.27. The molecule has 1 aromatic heterocycles. The predicted molar refractivity (Wildman–Crippen MR) is 276 cm³/mol. The van der Waals surface area contributed by atoms with Gasteiger partial charge in [0.15, 0.2) is 0 Å². The Labute approximate surface area is 390 Å². The van der Waals surface area contributed by atoms with Crippen LogP contribution < -0.4 is 5.32 Å². The summed E-state index contributed by atoms with van der Waals surface area (Å²) in [5.41, 5.74) is 14.1. The third kappa shape index (κ3) is 7.80. The molecule has 3 heterocycles. The minimum Gasteiger partial charge on any atom is -0.492 e. The molecule has 8 aliphatic rings. The standard InChI is InChI=1S/C61H60N4O/c1-40-16-8-11-27-50(40)47-32-33-55-54(38-47)58-51(45-23-12-25-48(36-45)61-63-57(35-41-17-4-2-5-18-41)62-60(64-61)43-20-6-3-7-21-43)28-15-31-56(58)65(55)49-26-13-24-46(37-49)53-30-14-29-52-44-22-10-9-19-42(34-44)39-66-59(52)53/h4,6,8-9,11-13,15-17,19-21,23-28,30-34,37-38,40-42,48,50,57H,2-3,5,7,10,14,18,22,29,35-36,39H2,1H3,(H,62,63,64)/t40?,41?,42?,48?,50-,57+/m0/s1. The zero-order valence-corrected chi connectivity index (χ0v) is 38.2. The quantitative estimate of drug-likeness (QED) is 0.179. The number of hydrogen-bond acceptors (Lipinski definition) is 4. The molecular formula is C61H60N4O. The number of aliphatic imine (C=N–C) groups is 2. The fraction of sp³-hybridized carbons (Fsp3) is 0.311. The molecule has 330 valence electrons. The fourth-order valence-electron chi connectivity index (χ4n) is 11.8. The summed E-state index contributed by atoms with van der Waals surface area (Å²) in [6.07, 6.45) is 49.0. The van der Waals surface area contributed by atoms with Gasteiger partial charge in [0, 0.05) is 45.4 Å².